The second kappa shape index (κ2) is 6.89. The van der Waals surface area contributed by atoms with Gasteiger partial charge in [0, 0.05) is 6.04 Å². The number of halogens is 4. The summed E-state index contributed by atoms with van der Waals surface area (Å²) in [7, 11) is 0. The van der Waals surface area contributed by atoms with Crippen LogP contribution in [-0.2, 0) is 6.42 Å². The Hall–Kier alpha value is -1.10. The first-order valence-corrected chi connectivity index (χ1v) is 6.26. The van der Waals surface area contributed by atoms with Gasteiger partial charge >= 0.3 is 12.3 Å². The minimum absolute atomic E-state index is 0.231. The molecule has 0 saturated heterocycles. The van der Waals surface area contributed by atoms with Crippen molar-refractivity contribution >= 4 is 0 Å². The van der Waals surface area contributed by atoms with E-state index < -0.39 is 18.9 Å². The predicted molar refractivity (Wildman–Crippen MR) is 67.9 cm³/mol. The zero-order chi connectivity index (χ0) is 14.5. The number of rotatable bonds is 7. The molecule has 1 atom stereocenters. The van der Waals surface area contributed by atoms with Gasteiger partial charge in [0.25, 0.3) is 0 Å². The molecule has 0 amide bonds. The van der Waals surface area contributed by atoms with Crippen molar-refractivity contribution < 1.29 is 17.6 Å². The molecule has 1 N–H and O–H groups in total. The second-order valence-corrected chi connectivity index (χ2v) is 4.87. The molecular weight excluding hydrogens is 258 g/mol. The lowest BCUT2D eigenvalue weighted by molar-refractivity contribution is -0.126. The molecule has 19 heavy (non-hydrogen) atoms. The van der Waals surface area contributed by atoms with Gasteiger partial charge in [0.15, 0.2) is 0 Å². The van der Waals surface area contributed by atoms with Crippen LogP contribution in [0.5, 0.6) is 0 Å². The Bertz CT molecular complexity index is 393. The first-order valence-electron chi connectivity index (χ1n) is 6.26. The number of benzene rings is 1. The summed E-state index contributed by atoms with van der Waals surface area (Å²) < 4.78 is 49.4. The Morgan fingerprint density at radius 1 is 1.26 bits per heavy atom. The molecule has 0 aliphatic carbocycles. The van der Waals surface area contributed by atoms with Crippen LogP contribution in [0.2, 0.25) is 0 Å². The number of alkyl halides is 4. The SMILES string of the molecule is Cc1cccc(CCC(C)NCC(F)(F)C(F)F)c1. The molecule has 0 fully saturated rings. The largest absolute Gasteiger partial charge is 0.319 e. The molecule has 5 heteroatoms. The molecule has 0 saturated carbocycles. The molecule has 0 aliphatic heterocycles. The van der Waals surface area contributed by atoms with Gasteiger partial charge in [0.1, 0.15) is 0 Å². The molecule has 1 aromatic rings. The third kappa shape index (κ3) is 5.59. The van der Waals surface area contributed by atoms with Crippen LogP contribution >= 0.6 is 0 Å². The number of hydrogen-bond acceptors (Lipinski definition) is 1. The third-order valence-corrected chi connectivity index (χ3v) is 2.95. The van der Waals surface area contributed by atoms with Crippen molar-refractivity contribution in [3.8, 4) is 0 Å². The summed E-state index contributed by atoms with van der Waals surface area (Å²) in [5.41, 5.74) is 2.26. The molecule has 108 valence electrons. The van der Waals surface area contributed by atoms with Crippen LogP contribution in [0.25, 0.3) is 0 Å². The lowest BCUT2D eigenvalue weighted by atomic mass is 10.0. The highest BCUT2D eigenvalue weighted by atomic mass is 19.3. The van der Waals surface area contributed by atoms with Gasteiger partial charge in [-0.3, -0.25) is 0 Å². The van der Waals surface area contributed by atoms with Gasteiger partial charge in [-0.2, -0.15) is 8.78 Å². The topological polar surface area (TPSA) is 12.0 Å². The van der Waals surface area contributed by atoms with Crippen molar-refractivity contribution in [2.24, 2.45) is 0 Å². The van der Waals surface area contributed by atoms with Crippen molar-refractivity contribution in [1.82, 2.24) is 5.32 Å². The lowest BCUT2D eigenvalue weighted by Crippen LogP contribution is -2.42. The average molecular weight is 277 g/mol. The molecule has 0 heterocycles. The van der Waals surface area contributed by atoms with E-state index in [1.54, 1.807) is 6.92 Å². The summed E-state index contributed by atoms with van der Waals surface area (Å²) in [4.78, 5) is 0. The maximum Gasteiger partial charge on any atom is 0.319 e. The molecule has 0 aliphatic rings. The van der Waals surface area contributed by atoms with E-state index in [1.807, 2.05) is 31.2 Å². The Morgan fingerprint density at radius 3 is 2.53 bits per heavy atom. The normalized spacial score (nSPS) is 13.8. The fourth-order valence-electron chi connectivity index (χ4n) is 1.74. The van der Waals surface area contributed by atoms with E-state index in [2.05, 4.69) is 5.32 Å². The van der Waals surface area contributed by atoms with E-state index in [1.165, 1.54) is 0 Å². The Morgan fingerprint density at radius 2 is 1.95 bits per heavy atom. The van der Waals surface area contributed by atoms with Gasteiger partial charge < -0.3 is 5.32 Å². The van der Waals surface area contributed by atoms with Gasteiger partial charge in [0.2, 0.25) is 0 Å². The average Bonchev–Trinajstić information content (AvgIpc) is 2.34. The maximum absolute atomic E-state index is 12.7. The highest BCUT2D eigenvalue weighted by Gasteiger charge is 2.40. The van der Waals surface area contributed by atoms with Crippen LogP contribution in [0.15, 0.2) is 24.3 Å². The second-order valence-electron chi connectivity index (χ2n) is 4.87. The zero-order valence-corrected chi connectivity index (χ0v) is 11.1. The fraction of sp³-hybridized carbons (Fsp3) is 0.571. The fourth-order valence-corrected chi connectivity index (χ4v) is 1.74. The molecule has 1 rings (SSSR count). The maximum atomic E-state index is 12.7. The van der Waals surface area contributed by atoms with Crippen molar-refractivity contribution in [2.75, 3.05) is 6.54 Å². The van der Waals surface area contributed by atoms with Crippen molar-refractivity contribution in [2.45, 2.75) is 45.1 Å². The molecule has 0 spiro atoms. The standard InChI is InChI=1S/C14H19F4N/c1-10-4-3-5-12(8-10)7-6-11(2)19-9-14(17,18)13(15)16/h3-5,8,11,13,19H,6-7,9H2,1-2H3. The van der Waals surface area contributed by atoms with Crippen LogP contribution in [0.1, 0.15) is 24.5 Å². The molecule has 0 radical (unpaired) electrons. The van der Waals surface area contributed by atoms with E-state index in [-0.39, 0.29) is 6.04 Å². The predicted octanol–water partition coefficient (Wildman–Crippen LogP) is 3.81. The van der Waals surface area contributed by atoms with E-state index in [0.29, 0.717) is 6.42 Å². The highest BCUT2D eigenvalue weighted by molar-refractivity contribution is 5.22. The Labute approximate surface area is 111 Å². The number of nitrogens with one attached hydrogen (secondary N) is 1. The van der Waals surface area contributed by atoms with E-state index in [9.17, 15) is 17.6 Å². The van der Waals surface area contributed by atoms with Crippen molar-refractivity contribution in [3.05, 3.63) is 35.4 Å². The minimum atomic E-state index is -3.96. The smallest absolute Gasteiger partial charge is 0.308 e. The summed E-state index contributed by atoms with van der Waals surface area (Å²) in [6.45, 7) is 2.71. The Balaban J connectivity index is 2.34. The van der Waals surface area contributed by atoms with Crippen LogP contribution < -0.4 is 5.32 Å². The van der Waals surface area contributed by atoms with Crippen LogP contribution in [0.3, 0.4) is 0 Å². The van der Waals surface area contributed by atoms with Gasteiger partial charge in [-0.05, 0) is 32.3 Å². The third-order valence-electron chi connectivity index (χ3n) is 2.95. The van der Waals surface area contributed by atoms with Crippen LogP contribution in [0, 0.1) is 6.92 Å². The summed E-state index contributed by atoms with van der Waals surface area (Å²) in [6.07, 6.45) is -2.26. The Kier molecular flexibility index (Phi) is 5.79. The van der Waals surface area contributed by atoms with Gasteiger partial charge in [-0.25, -0.2) is 8.78 Å². The monoisotopic (exact) mass is 277 g/mol. The summed E-state index contributed by atoms with van der Waals surface area (Å²) in [5, 5.41) is 2.46. The van der Waals surface area contributed by atoms with E-state index in [4.69, 9.17) is 0 Å². The van der Waals surface area contributed by atoms with E-state index >= 15 is 0 Å². The molecular formula is C14H19F4N. The van der Waals surface area contributed by atoms with Gasteiger partial charge in [-0.1, -0.05) is 29.8 Å². The van der Waals surface area contributed by atoms with Crippen molar-refractivity contribution in [1.29, 1.82) is 0 Å². The van der Waals surface area contributed by atoms with Crippen molar-refractivity contribution in [3.63, 3.8) is 0 Å². The lowest BCUT2D eigenvalue weighted by Gasteiger charge is -2.19. The van der Waals surface area contributed by atoms with Gasteiger partial charge in [0.05, 0.1) is 6.54 Å². The highest BCUT2D eigenvalue weighted by Crippen LogP contribution is 2.21. The molecule has 1 unspecified atom stereocenters. The van der Waals surface area contributed by atoms with Crippen LogP contribution in [0.4, 0.5) is 17.6 Å². The zero-order valence-electron chi connectivity index (χ0n) is 11.1. The summed E-state index contributed by atoms with van der Waals surface area (Å²) in [6, 6.07) is 7.68. The molecule has 0 aromatic heterocycles. The van der Waals surface area contributed by atoms with Crippen LogP contribution in [-0.4, -0.2) is 24.9 Å². The molecule has 1 aromatic carbocycles. The summed E-state index contributed by atoms with van der Waals surface area (Å²) >= 11 is 0. The number of aryl methyl sites for hydroxylation is 2. The number of hydrogen-bond donors (Lipinski definition) is 1. The van der Waals surface area contributed by atoms with Gasteiger partial charge in [-0.15, -0.1) is 0 Å². The first-order chi connectivity index (χ1) is 8.81. The minimum Gasteiger partial charge on any atom is -0.308 e. The molecule has 0 bridgehead atoms. The van der Waals surface area contributed by atoms with E-state index in [0.717, 1.165) is 17.5 Å². The molecule has 1 nitrogen and oxygen atoms in total. The first kappa shape index (κ1) is 16.0. The summed E-state index contributed by atoms with van der Waals surface area (Å²) in [5.74, 6) is -3.96. The quantitative estimate of drug-likeness (QED) is 0.747.